The van der Waals surface area contributed by atoms with Crippen molar-refractivity contribution >= 4 is 11.5 Å². The van der Waals surface area contributed by atoms with E-state index in [2.05, 4.69) is 12.2 Å². The van der Waals surface area contributed by atoms with Crippen LogP contribution in [-0.4, -0.2) is 12.3 Å². The molecule has 0 spiro atoms. The highest BCUT2D eigenvalue weighted by Gasteiger charge is 2.14. The number of carbonyl (C=O) groups is 1. The third-order valence-corrected chi connectivity index (χ3v) is 4.07. The summed E-state index contributed by atoms with van der Waals surface area (Å²) in [6, 6.07) is 11.9. The second kappa shape index (κ2) is 5.12. The summed E-state index contributed by atoms with van der Waals surface area (Å²) in [6.07, 6.45) is 2.19. The van der Waals surface area contributed by atoms with Crippen LogP contribution in [0.2, 0.25) is 0 Å². The molecule has 0 saturated carbocycles. The lowest BCUT2D eigenvalue weighted by molar-refractivity contribution is 0.103. The summed E-state index contributed by atoms with van der Waals surface area (Å²) in [4.78, 5) is 12.6. The van der Waals surface area contributed by atoms with Crippen molar-refractivity contribution in [2.45, 2.75) is 26.7 Å². The van der Waals surface area contributed by atoms with E-state index in [1.54, 1.807) is 0 Å². The van der Waals surface area contributed by atoms with E-state index in [0.29, 0.717) is 0 Å². The Bertz CT molecular complexity index is 673. The van der Waals surface area contributed by atoms with Crippen LogP contribution in [0.4, 0.5) is 5.69 Å². The largest absolute Gasteiger partial charge is 0.385 e. The molecular weight excluding hydrogens is 246 g/mol. The smallest absolute Gasteiger partial charge is 0.193 e. The first-order chi connectivity index (χ1) is 9.65. The molecule has 2 nitrogen and oxygen atoms in total. The van der Waals surface area contributed by atoms with Crippen LogP contribution in [0.25, 0.3) is 0 Å². The van der Waals surface area contributed by atoms with Gasteiger partial charge in [0, 0.05) is 23.4 Å². The van der Waals surface area contributed by atoms with Gasteiger partial charge in [0.15, 0.2) is 5.78 Å². The van der Waals surface area contributed by atoms with Gasteiger partial charge >= 0.3 is 0 Å². The monoisotopic (exact) mass is 265 g/mol. The van der Waals surface area contributed by atoms with Crippen LogP contribution in [0.5, 0.6) is 0 Å². The standard InChI is InChI=1S/C18H19NO/c1-12-5-6-15(10-13(12)2)18(20)16-7-8-17-14(11-16)4-3-9-19-17/h5-8,10-11,19H,3-4,9H2,1-2H3. The molecule has 20 heavy (non-hydrogen) atoms. The lowest BCUT2D eigenvalue weighted by atomic mass is 9.95. The Balaban J connectivity index is 1.95. The maximum atomic E-state index is 12.6. The molecule has 3 rings (SSSR count). The summed E-state index contributed by atoms with van der Waals surface area (Å²) in [6.45, 7) is 5.13. The molecule has 1 aliphatic rings. The Hall–Kier alpha value is -2.09. The van der Waals surface area contributed by atoms with Crippen LogP contribution >= 0.6 is 0 Å². The van der Waals surface area contributed by atoms with E-state index < -0.39 is 0 Å². The molecule has 0 aromatic heterocycles. The fourth-order valence-electron chi connectivity index (χ4n) is 2.67. The number of fused-ring (bicyclic) bond motifs is 1. The van der Waals surface area contributed by atoms with E-state index in [1.165, 1.54) is 16.8 Å². The van der Waals surface area contributed by atoms with Crippen molar-refractivity contribution in [3.8, 4) is 0 Å². The highest BCUT2D eigenvalue weighted by Crippen LogP contribution is 2.24. The number of ketones is 1. The van der Waals surface area contributed by atoms with E-state index >= 15 is 0 Å². The first-order valence-corrected chi connectivity index (χ1v) is 7.14. The quantitative estimate of drug-likeness (QED) is 0.835. The number of nitrogens with one attached hydrogen (secondary N) is 1. The summed E-state index contributed by atoms with van der Waals surface area (Å²) >= 11 is 0. The highest BCUT2D eigenvalue weighted by molar-refractivity contribution is 6.09. The highest BCUT2D eigenvalue weighted by atomic mass is 16.1. The molecule has 1 N–H and O–H groups in total. The number of carbonyl (C=O) groups excluding carboxylic acids is 1. The average molecular weight is 265 g/mol. The zero-order chi connectivity index (χ0) is 14.1. The molecule has 0 radical (unpaired) electrons. The van der Waals surface area contributed by atoms with Crippen LogP contribution in [0.1, 0.15) is 39.0 Å². The van der Waals surface area contributed by atoms with Crippen LogP contribution in [0.15, 0.2) is 36.4 Å². The van der Waals surface area contributed by atoms with Crippen molar-refractivity contribution in [2.75, 3.05) is 11.9 Å². The van der Waals surface area contributed by atoms with Crippen LogP contribution in [-0.2, 0) is 6.42 Å². The molecule has 0 atom stereocenters. The van der Waals surface area contributed by atoms with Gasteiger partial charge in [-0.2, -0.15) is 0 Å². The Morgan fingerprint density at radius 1 is 1.00 bits per heavy atom. The van der Waals surface area contributed by atoms with E-state index in [0.717, 1.165) is 36.1 Å². The maximum Gasteiger partial charge on any atom is 0.193 e. The van der Waals surface area contributed by atoms with Crippen molar-refractivity contribution in [1.29, 1.82) is 0 Å². The Morgan fingerprint density at radius 2 is 1.75 bits per heavy atom. The molecule has 0 saturated heterocycles. The second-order valence-electron chi connectivity index (χ2n) is 5.53. The minimum Gasteiger partial charge on any atom is -0.385 e. The Morgan fingerprint density at radius 3 is 2.55 bits per heavy atom. The van der Waals surface area contributed by atoms with Crippen LogP contribution in [0.3, 0.4) is 0 Å². The molecule has 1 heterocycles. The zero-order valence-corrected chi connectivity index (χ0v) is 12.0. The number of aryl methyl sites for hydroxylation is 3. The third kappa shape index (κ3) is 2.34. The molecule has 0 fully saturated rings. The average Bonchev–Trinajstić information content (AvgIpc) is 2.49. The number of hydrogen-bond donors (Lipinski definition) is 1. The van der Waals surface area contributed by atoms with E-state index in [9.17, 15) is 4.79 Å². The number of rotatable bonds is 2. The summed E-state index contributed by atoms with van der Waals surface area (Å²) < 4.78 is 0. The minimum absolute atomic E-state index is 0.112. The fourth-order valence-corrected chi connectivity index (χ4v) is 2.67. The third-order valence-electron chi connectivity index (χ3n) is 4.07. The molecule has 0 bridgehead atoms. The van der Waals surface area contributed by atoms with E-state index in [-0.39, 0.29) is 5.78 Å². The molecular formula is C18H19NO. The Kier molecular flexibility index (Phi) is 3.31. The van der Waals surface area contributed by atoms with E-state index in [1.807, 2.05) is 43.3 Å². The molecule has 0 aliphatic carbocycles. The van der Waals surface area contributed by atoms with Crippen molar-refractivity contribution in [3.63, 3.8) is 0 Å². The summed E-state index contributed by atoms with van der Waals surface area (Å²) in [5, 5.41) is 3.37. The minimum atomic E-state index is 0.112. The molecule has 2 aromatic rings. The summed E-state index contributed by atoms with van der Waals surface area (Å²) in [5.41, 5.74) is 6.37. The van der Waals surface area contributed by atoms with Crippen molar-refractivity contribution in [1.82, 2.24) is 0 Å². The van der Waals surface area contributed by atoms with Gasteiger partial charge in [-0.15, -0.1) is 0 Å². The molecule has 102 valence electrons. The van der Waals surface area contributed by atoms with Gasteiger partial charge in [-0.3, -0.25) is 4.79 Å². The van der Waals surface area contributed by atoms with Gasteiger partial charge in [-0.1, -0.05) is 12.1 Å². The first-order valence-electron chi connectivity index (χ1n) is 7.14. The molecule has 1 aliphatic heterocycles. The van der Waals surface area contributed by atoms with Gasteiger partial charge in [0.25, 0.3) is 0 Å². The summed E-state index contributed by atoms with van der Waals surface area (Å²) in [7, 11) is 0. The lowest BCUT2D eigenvalue weighted by Crippen LogP contribution is -2.13. The number of hydrogen-bond acceptors (Lipinski definition) is 2. The predicted molar refractivity (Wildman–Crippen MR) is 82.6 cm³/mol. The normalized spacial score (nSPS) is 13.5. The van der Waals surface area contributed by atoms with Crippen molar-refractivity contribution in [3.05, 3.63) is 64.2 Å². The maximum absolute atomic E-state index is 12.6. The topological polar surface area (TPSA) is 29.1 Å². The Labute approximate surface area is 119 Å². The van der Waals surface area contributed by atoms with Gasteiger partial charge < -0.3 is 5.32 Å². The molecule has 0 amide bonds. The fraction of sp³-hybridized carbons (Fsp3) is 0.278. The van der Waals surface area contributed by atoms with Gasteiger partial charge in [-0.25, -0.2) is 0 Å². The van der Waals surface area contributed by atoms with Gasteiger partial charge in [0.05, 0.1) is 0 Å². The summed E-state index contributed by atoms with van der Waals surface area (Å²) in [5.74, 6) is 0.112. The molecule has 0 unspecified atom stereocenters. The van der Waals surface area contributed by atoms with Crippen LogP contribution in [0, 0.1) is 13.8 Å². The van der Waals surface area contributed by atoms with Gasteiger partial charge in [0.1, 0.15) is 0 Å². The van der Waals surface area contributed by atoms with Gasteiger partial charge in [0.2, 0.25) is 0 Å². The van der Waals surface area contributed by atoms with E-state index in [4.69, 9.17) is 0 Å². The molecule has 2 aromatic carbocycles. The lowest BCUT2D eigenvalue weighted by Gasteiger charge is -2.18. The SMILES string of the molecule is Cc1ccc(C(=O)c2ccc3c(c2)CCCN3)cc1C. The molecule has 2 heteroatoms. The zero-order valence-electron chi connectivity index (χ0n) is 12.0. The number of benzene rings is 2. The van der Waals surface area contributed by atoms with Gasteiger partial charge in [-0.05, 0) is 67.6 Å². The second-order valence-corrected chi connectivity index (χ2v) is 5.53. The van der Waals surface area contributed by atoms with Crippen molar-refractivity contribution in [2.24, 2.45) is 0 Å². The van der Waals surface area contributed by atoms with Crippen LogP contribution < -0.4 is 5.32 Å². The predicted octanol–water partition coefficient (Wildman–Crippen LogP) is 3.89. The number of anilines is 1. The first kappa shape index (κ1) is 12.9. The van der Waals surface area contributed by atoms with Crippen molar-refractivity contribution < 1.29 is 4.79 Å².